The predicted molar refractivity (Wildman–Crippen MR) is 81.3 cm³/mol. The average Bonchev–Trinajstić information content (AvgIpc) is 2.30. The second kappa shape index (κ2) is 5.33. The van der Waals surface area contributed by atoms with Gasteiger partial charge in [-0.25, -0.2) is 15.8 Å². The second-order valence-electron chi connectivity index (χ2n) is 6.63. The van der Waals surface area contributed by atoms with Crippen molar-refractivity contribution in [3.63, 3.8) is 0 Å². The number of aromatic nitrogens is 2. The van der Waals surface area contributed by atoms with Crippen molar-refractivity contribution in [3.05, 3.63) is 11.4 Å². The van der Waals surface area contributed by atoms with Crippen LogP contribution in [-0.2, 0) is 5.41 Å². The molecule has 0 amide bonds. The molecule has 0 aliphatic carbocycles. The Morgan fingerprint density at radius 3 is 2.00 bits per heavy atom. The summed E-state index contributed by atoms with van der Waals surface area (Å²) >= 11 is 0. The van der Waals surface area contributed by atoms with Crippen LogP contribution in [0.2, 0.25) is 0 Å². The van der Waals surface area contributed by atoms with Gasteiger partial charge in [0.25, 0.3) is 0 Å². The van der Waals surface area contributed by atoms with Crippen LogP contribution < -0.4 is 16.6 Å². The summed E-state index contributed by atoms with van der Waals surface area (Å²) in [7, 11) is 0. The fourth-order valence-corrected chi connectivity index (χ4v) is 1.52. The van der Waals surface area contributed by atoms with Gasteiger partial charge in [0, 0.05) is 16.5 Å². The zero-order chi connectivity index (χ0) is 14.8. The molecule has 5 nitrogen and oxygen atoms in total. The molecule has 0 bridgehead atoms. The minimum absolute atomic E-state index is 0.0138. The lowest BCUT2D eigenvalue weighted by Gasteiger charge is -2.28. The van der Waals surface area contributed by atoms with Crippen molar-refractivity contribution >= 4 is 11.6 Å². The van der Waals surface area contributed by atoms with Crippen LogP contribution in [0, 0.1) is 6.92 Å². The summed E-state index contributed by atoms with van der Waals surface area (Å²) in [5, 5.41) is 3.48. The maximum Gasteiger partial charge on any atom is 0.148 e. The van der Waals surface area contributed by atoms with Crippen molar-refractivity contribution in [1.82, 2.24) is 9.97 Å². The second-order valence-corrected chi connectivity index (χ2v) is 6.63. The van der Waals surface area contributed by atoms with Gasteiger partial charge >= 0.3 is 0 Å². The van der Waals surface area contributed by atoms with Crippen LogP contribution in [0.4, 0.5) is 11.6 Å². The van der Waals surface area contributed by atoms with E-state index in [1.165, 1.54) is 0 Å². The van der Waals surface area contributed by atoms with E-state index in [0.717, 1.165) is 23.6 Å². The van der Waals surface area contributed by atoms with Gasteiger partial charge in [-0.3, -0.25) is 0 Å². The topological polar surface area (TPSA) is 75.9 Å². The Labute approximate surface area is 116 Å². The van der Waals surface area contributed by atoms with E-state index < -0.39 is 0 Å². The molecule has 1 aromatic heterocycles. The summed E-state index contributed by atoms with van der Waals surface area (Å²) in [6.45, 7) is 14.7. The molecule has 0 spiro atoms. The summed E-state index contributed by atoms with van der Waals surface area (Å²) in [4.78, 5) is 9.16. The van der Waals surface area contributed by atoms with Crippen molar-refractivity contribution in [3.8, 4) is 0 Å². The largest absolute Gasteiger partial charge is 0.365 e. The lowest BCUT2D eigenvalue weighted by molar-refractivity contribution is 0.529. The van der Waals surface area contributed by atoms with E-state index in [9.17, 15) is 0 Å². The van der Waals surface area contributed by atoms with E-state index in [2.05, 4.69) is 62.3 Å². The van der Waals surface area contributed by atoms with Gasteiger partial charge in [0.15, 0.2) is 0 Å². The van der Waals surface area contributed by atoms with Crippen LogP contribution in [-0.4, -0.2) is 15.5 Å². The third-order valence-electron chi connectivity index (χ3n) is 3.29. The Morgan fingerprint density at radius 1 is 1.05 bits per heavy atom. The van der Waals surface area contributed by atoms with Gasteiger partial charge in [0.2, 0.25) is 0 Å². The number of hydrogen-bond acceptors (Lipinski definition) is 5. The molecule has 0 aliphatic heterocycles. The number of nitrogen functional groups attached to an aromatic ring is 1. The van der Waals surface area contributed by atoms with Crippen LogP contribution in [0.3, 0.4) is 0 Å². The van der Waals surface area contributed by atoms with E-state index in [1.54, 1.807) is 0 Å². The van der Waals surface area contributed by atoms with Crippen molar-refractivity contribution in [2.45, 2.75) is 65.8 Å². The Hall–Kier alpha value is -1.36. The highest BCUT2D eigenvalue weighted by atomic mass is 15.3. The summed E-state index contributed by atoms with van der Waals surface area (Å²) in [6, 6.07) is 0. The normalized spacial score (nSPS) is 12.4. The number of rotatable bonds is 4. The van der Waals surface area contributed by atoms with Gasteiger partial charge in [-0.05, 0) is 27.2 Å². The molecule has 0 fully saturated rings. The molecule has 5 heteroatoms. The number of hydrogen-bond donors (Lipinski definition) is 3. The molecule has 4 N–H and O–H groups in total. The van der Waals surface area contributed by atoms with E-state index in [-0.39, 0.29) is 11.0 Å². The lowest BCUT2D eigenvalue weighted by Crippen LogP contribution is -2.32. The van der Waals surface area contributed by atoms with Crippen molar-refractivity contribution in [2.24, 2.45) is 5.84 Å². The van der Waals surface area contributed by atoms with Crippen molar-refractivity contribution in [2.75, 3.05) is 10.7 Å². The van der Waals surface area contributed by atoms with Gasteiger partial charge in [0.1, 0.15) is 17.5 Å². The van der Waals surface area contributed by atoms with Crippen LogP contribution in [0.1, 0.15) is 59.4 Å². The van der Waals surface area contributed by atoms with Gasteiger partial charge in [-0.1, -0.05) is 27.7 Å². The Balaban J connectivity index is 3.30. The molecule has 108 valence electrons. The van der Waals surface area contributed by atoms with E-state index >= 15 is 0 Å². The molecule has 0 radical (unpaired) electrons. The molecule has 0 saturated heterocycles. The molecule has 19 heavy (non-hydrogen) atoms. The highest BCUT2D eigenvalue weighted by molar-refractivity contribution is 5.58. The Kier molecular flexibility index (Phi) is 4.40. The van der Waals surface area contributed by atoms with Crippen LogP contribution in [0.5, 0.6) is 0 Å². The first-order valence-corrected chi connectivity index (χ1v) is 6.74. The van der Waals surface area contributed by atoms with Gasteiger partial charge in [-0.15, -0.1) is 0 Å². The van der Waals surface area contributed by atoms with Crippen LogP contribution in [0.25, 0.3) is 0 Å². The molecule has 0 unspecified atom stereocenters. The molecule has 0 aromatic carbocycles. The SMILES string of the molecule is CCC(C)(C)Nc1nc(C(C)(C)C)nc(NN)c1C. The molecule has 0 atom stereocenters. The predicted octanol–water partition coefficient (Wildman–Crippen LogP) is 2.97. The van der Waals surface area contributed by atoms with Gasteiger partial charge < -0.3 is 10.7 Å². The maximum atomic E-state index is 5.56. The molecule has 0 saturated carbocycles. The quantitative estimate of drug-likeness (QED) is 0.576. The summed E-state index contributed by atoms with van der Waals surface area (Å²) < 4.78 is 0. The monoisotopic (exact) mass is 265 g/mol. The molecular formula is C14H27N5. The zero-order valence-electron chi connectivity index (χ0n) is 13.2. The molecule has 1 rings (SSSR count). The van der Waals surface area contributed by atoms with E-state index in [1.807, 2.05) is 6.92 Å². The fourth-order valence-electron chi connectivity index (χ4n) is 1.52. The Bertz CT molecular complexity index is 446. The summed E-state index contributed by atoms with van der Waals surface area (Å²) in [5.41, 5.74) is 3.47. The van der Waals surface area contributed by atoms with Crippen LogP contribution >= 0.6 is 0 Å². The minimum Gasteiger partial charge on any atom is -0.365 e. The van der Waals surface area contributed by atoms with E-state index in [0.29, 0.717) is 5.82 Å². The summed E-state index contributed by atoms with van der Waals surface area (Å²) in [5.74, 6) is 7.86. The van der Waals surface area contributed by atoms with Crippen LogP contribution in [0.15, 0.2) is 0 Å². The minimum atomic E-state index is -0.119. The average molecular weight is 265 g/mol. The van der Waals surface area contributed by atoms with Gasteiger partial charge in [0.05, 0.1) is 0 Å². The molecule has 1 heterocycles. The lowest BCUT2D eigenvalue weighted by atomic mass is 9.95. The first-order chi connectivity index (χ1) is 8.60. The van der Waals surface area contributed by atoms with E-state index in [4.69, 9.17) is 5.84 Å². The van der Waals surface area contributed by atoms with Crippen molar-refractivity contribution in [1.29, 1.82) is 0 Å². The molecule has 1 aromatic rings. The zero-order valence-corrected chi connectivity index (χ0v) is 13.2. The molecule has 0 aliphatic rings. The smallest absolute Gasteiger partial charge is 0.148 e. The third-order valence-corrected chi connectivity index (χ3v) is 3.29. The number of hydrazine groups is 1. The highest BCUT2D eigenvalue weighted by Crippen LogP contribution is 2.28. The number of nitrogens with two attached hydrogens (primary N) is 1. The Morgan fingerprint density at radius 2 is 1.58 bits per heavy atom. The first-order valence-electron chi connectivity index (χ1n) is 6.74. The first kappa shape index (κ1) is 15.7. The highest BCUT2D eigenvalue weighted by Gasteiger charge is 2.23. The summed E-state index contributed by atoms with van der Waals surface area (Å²) in [6.07, 6.45) is 1.01. The fraction of sp³-hybridized carbons (Fsp3) is 0.714. The standard InChI is InChI=1S/C14H27N5/c1-8-14(6,7)18-10-9(2)11(19-15)17-12(16-10)13(3,4)5/h8,15H2,1-7H3,(H2,16,17,18,19). The number of nitrogens with zero attached hydrogens (tertiary/aromatic N) is 2. The number of nitrogens with one attached hydrogen (secondary N) is 2. The maximum absolute atomic E-state index is 5.56. The van der Waals surface area contributed by atoms with Gasteiger partial charge in [-0.2, -0.15) is 0 Å². The number of anilines is 2. The molecular weight excluding hydrogens is 238 g/mol. The van der Waals surface area contributed by atoms with Crippen molar-refractivity contribution < 1.29 is 0 Å². The third kappa shape index (κ3) is 3.80.